The van der Waals surface area contributed by atoms with Crippen LogP contribution in [0.5, 0.6) is 0 Å². The predicted octanol–water partition coefficient (Wildman–Crippen LogP) is 4.93. The van der Waals surface area contributed by atoms with Crippen molar-refractivity contribution in [1.82, 2.24) is 4.98 Å². The van der Waals surface area contributed by atoms with Gasteiger partial charge in [0.05, 0.1) is 0 Å². The van der Waals surface area contributed by atoms with E-state index in [-0.39, 0.29) is 0 Å². The Hall–Kier alpha value is -2.13. The number of hydrogen-bond acceptors (Lipinski definition) is 3. The van der Waals surface area contributed by atoms with Crippen LogP contribution in [0.3, 0.4) is 0 Å². The van der Waals surface area contributed by atoms with Crippen LogP contribution in [-0.2, 0) is 0 Å². The average Bonchev–Trinajstić information content (AvgIpc) is 2.86. The molecule has 2 aromatic rings. The Morgan fingerprint density at radius 1 is 1.15 bits per heavy atom. The Morgan fingerprint density at radius 2 is 1.90 bits per heavy atom. The molecule has 0 radical (unpaired) electrons. The number of nitrogen functional groups attached to an aromatic ring is 1. The largest absolute Gasteiger partial charge is 0.389 e. The van der Waals surface area contributed by atoms with Crippen LogP contribution in [0.1, 0.15) is 18.9 Å². The second-order valence-electron chi connectivity index (χ2n) is 4.25. The van der Waals surface area contributed by atoms with Gasteiger partial charge >= 0.3 is 0 Å². The maximum Gasteiger partial charge on any atom is 0.126 e. The van der Waals surface area contributed by atoms with Gasteiger partial charge < -0.3 is 5.73 Å². The Kier molecular flexibility index (Phi) is 4.91. The number of nitrogens with two attached hydrogens (primary N) is 1. The molecular weight excluding hydrogens is 264 g/mol. The van der Waals surface area contributed by atoms with Gasteiger partial charge in [-0.3, -0.25) is 0 Å². The Balaban J connectivity index is 2.45. The van der Waals surface area contributed by atoms with E-state index >= 15 is 0 Å². The SMILES string of the molecule is CC=C/C(=C\C=C/C)c1nc(-c2ccccc2)c(N)s1. The van der Waals surface area contributed by atoms with E-state index < -0.39 is 0 Å². The van der Waals surface area contributed by atoms with Crippen molar-refractivity contribution in [2.24, 2.45) is 0 Å². The topological polar surface area (TPSA) is 38.9 Å². The lowest BCUT2D eigenvalue weighted by Crippen LogP contribution is -1.85. The number of aromatic nitrogens is 1. The first-order chi connectivity index (χ1) is 9.76. The van der Waals surface area contributed by atoms with E-state index in [0.717, 1.165) is 26.8 Å². The third kappa shape index (κ3) is 3.25. The minimum atomic E-state index is 0.752. The molecule has 0 aliphatic carbocycles. The highest BCUT2D eigenvalue weighted by molar-refractivity contribution is 7.17. The molecule has 3 heteroatoms. The zero-order valence-corrected chi connectivity index (χ0v) is 12.5. The molecule has 0 atom stereocenters. The van der Waals surface area contributed by atoms with Gasteiger partial charge in [-0.05, 0) is 13.8 Å². The number of benzene rings is 1. The standard InChI is InChI=1S/C17H18N2S/c1-3-5-10-14(9-4-2)17-19-15(16(18)20-17)13-11-7-6-8-12-13/h3-12H,18H2,1-2H3/b5-3-,9-4?,14-10+. The first-order valence-corrected chi connectivity index (χ1v) is 7.35. The normalized spacial score (nSPS) is 12.6. The van der Waals surface area contributed by atoms with Gasteiger partial charge in [0.25, 0.3) is 0 Å². The molecule has 1 aromatic heterocycles. The van der Waals surface area contributed by atoms with Crippen LogP contribution in [0, 0.1) is 0 Å². The van der Waals surface area contributed by atoms with Crippen molar-refractivity contribution < 1.29 is 0 Å². The summed E-state index contributed by atoms with van der Waals surface area (Å²) in [6.45, 7) is 3.99. The van der Waals surface area contributed by atoms with Gasteiger partial charge in [0.2, 0.25) is 0 Å². The summed E-state index contributed by atoms with van der Waals surface area (Å²) in [7, 11) is 0. The summed E-state index contributed by atoms with van der Waals surface area (Å²) in [5.74, 6) is 0. The zero-order chi connectivity index (χ0) is 14.4. The third-order valence-electron chi connectivity index (χ3n) is 2.76. The molecule has 2 N–H and O–H groups in total. The summed E-state index contributed by atoms with van der Waals surface area (Å²) in [6, 6.07) is 10.0. The second kappa shape index (κ2) is 6.87. The van der Waals surface area contributed by atoms with Gasteiger partial charge in [0.1, 0.15) is 15.7 Å². The van der Waals surface area contributed by atoms with Crippen LogP contribution >= 0.6 is 11.3 Å². The van der Waals surface area contributed by atoms with Crippen LogP contribution in [0.15, 0.2) is 60.7 Å². The average molecular weight is 282 g/mol. The Labute approximate surface area is 124 Å². The fourth-order valence-electron chi connectivity index (χ4n) is 1.84. The fraction of sp³-hybridized carbons (Fsp3) is 0.118. The van der Waals surface area contributed by atoms with Crippen molar-refractivity contribution in [2.75, 3.05) is 5.73 Å². The quantitative estimate of drug-likeness (QED) is 0.808. The van der Waals surface area contributed by atoms with Crippen LogP contribution in [0.25, 0.3) is 16.8 Å². The first-order valence-electron chi connectivity index (χ1n) is 6.54. The van der Waals surface area contributed by atoms with Gasteiger partial charge in [-0.15, -0.1) is 0 Å². The van der Waals surface area contributed by atoms with Gasteiger partial charge in [0, 0.05) is 11.1 Å². The Bertz CT molecular complexity index is 649. The molecule has 2 nitrogen and oxygen atoms in total. The van der Waals surface area contributed by atoms with Crippen molar-refractivity contribution in [3.05, 3.63) is 65.7 Å². The van der Waals surface area contributed by atoms with Crippen molar-refractivity contribution in [1.29, 1.82) is 0 Å². The zero-order valence-electron chi connectivity index (χ0n) is 11.7. The van der Waals surface area contributed by atoms with Crippen molar-refractivity contribution >= 4 is 21.9 Å². The molecule has 0 fully saturated rings. The molecule has 0 bridgehead atoms. The van der Waals surface area contributed by atoms with Crippen molar-refractivity contribution in [2.45, 2.75) is 13.8 Å². The van der Waals surface area contributed by atoms with Crippen molar-refractivity contribution in [3.8, 4) is 11.3 Å². The second-order valence-corrected chi connectivity index (χ2v) is 5.28. The van der Waals surface area contributed by atoms with Gasteiger partial charge in [-0.25, -0.2) is 4.98 Å². The molecule has 0 saturated heterocycles. The smallest absolute Gasteiger partial charge is 0.126 e. The molecule has 0 spiro atoms. The fourth-order valence-corrected chi connectivity index (χ4v) is 2.70. The maximum atomic E-state index is 6.12. The number of anilines is 1. The number of thiazole rings is 1. The lowest BCUT2D eigenvalue weighted by molar-refractivity contribution is 1.37. The van der Waals surface area contributed by atoms with Gasteiger partial charge in [-0.2, -0.15) is 0 Å². The number of allylic oxidation sites excluding steroid dienone is 6. The molecule has 0 saturated carbocycles. The third-order valence-corrected chi connectivity index (χ3v) is 3.70. The van der Waals surface area contributed by atoms with E-state index in [1.165, 1.54) is 11.3 Å². The summed E-state index contributed by atoms with van der Waals surface area (Å²) in [6.07, 6.45) is 10.1. The maximum absolute atomic E-state index is 6.12. The van der Waals surface area contributed by atoms with Crippen LogP contribution in [0.2, 0.25) is 0 Å². The monoisotopic (exact) mass is 282 g/mol. The van der Waals surface area contributed by atoms with Crippen LogP contribution in [0.4, 0.5) is 5.00 Å². The highest BCUT2D eigenvalue weighted by Crippen LogP contribution is 2.34. The van der Waals surface area contributed by atoms with Crippen LogP contribution in [-0.4, -0.2) is 4.98 Å². The molecule has 0 unspecified atom stereocenters. The summed E-state index contributed by atoms with van der Waals surface area (Å²) in [5.41, 5.74) is 9.11. The molecule has 1 aromatic carbocycles. The molecule has 0 amide bonds. The lowest BCUT2D eigenvalue weighted by Gasteiger charge is -1.97. The van der Waals surface area contributed by atoms with Crippen molar-refractivity contribution in [3.63, 3.8) is 0 Å². The summed E-state index contributed by atoms with van der Waals surface area (Å²) < 4.78 is 0. The van der Waals surface area contributed by atoms with E-state index in [1.54, 1.807) is 0 Å². The van der Waals surface area contributed by atoms with Gasteiger partial charge in [0.15, 0.2) is 0 Å². The molecular formula is C17H18N2S. The molecule has 2 rings (SSSR count). The van der Waals surface area contributed by atoms with E-state index in [9.17, 15) is 0 Å². The minimum Gasteiger partial charge on any atom is -0.389 e. The number of nitrogens with zero attached hydrogens (tertiary/aromatic N) is 1. The molecule has 102 valence electrons. The Morgan fingerprint density at radius 3 is 2.55 bits per heavy atom. The summed E-state index contributed by atoms with van der Waals surface area (Å²) >= 11 is 1.52. The van der Waals surface area contributed by atoms with E-state index in [4.69, 9.17) is 10.7 Å². The highest BCUT2D eigenvalue weighted by Gasteiger charge is 2.11. The minimum absolute atomic E-state index is 0.752. The molecule has 0 aliphatic heterocycles. The number of hydrogen-bond donors (Lipinski definition) is 1. The molecule has 20 heavy (non-hydrogen) atoms. The van der Waals surface area contributed by atoms with Crippen LogP contribution < -0.4 is 5.73 Å². The lowest BCUT2D eigenvalue weighted by atomic mass is 10.1. The predicted molar refractivity (Wildman–Crippen MR) is 89.6 cm³/mol. The summed E-state index contributed by atoms with van der Waals surface area (Å²) in [4.78, 5) is 4.69. The number of rotatable bonds is 4. The first kappa shape index (κ1) is 14.3. The molecule has 1 heterocycles. The molecule has 0 aliphatic rings. The summed E-state index contributed by atoms with van der Waals surface area (Å²) in [5, 5.41) is 1.69. The van der Waals surface area contributed by atoms with Gasteiger partial charge in [-0.1, -0.05) is 72.0 Å². The van der Waals surface area contributed by atoms with E-state index in [0.29, 0.717) is 0 Å². The van der Waals surface area contributed by atoms with E-state index in [2.05, 4.69) is 0 Å². The van der Waals surface area contributed by atoms with E-state index in [1.807, 2.05) is 74.6 Å². The highest BCUT2D eigenvalue weighted by atomic mass is 32.1.